The predicted molar refractivity (Wildman–Crippen MR) is 114 cm³/mol. The second-order valence-electron chi connectivity index (χ2n) is 7.90. The van der Waals surface area contributed by atoms with E-state index in [0.29, 0.717) is 17.9 Å². The van der Waals surface area contributed by atoms with Crippen molar-refractivity contribution in [2.45, 2.75) is 62.9 Å². The highest BCUT2D eigenvalue weighted by atomic mass is 32.2. The van der Waals surface area contributed by atoms with Gasteiger partial charge in [0.1, 0.15) is 11.1 Å². The zero-order chi connectivity index (χ0) is 20.1. The van der Waals surface area contributed by atoms with E-state index in [1.54, 1.807) is 18.0 Å². The van der Waals surface area contributed by atoms with E-state index < -0.39 is 0 Å². The van der Waals surface area contributed by atoms with Gasteiger partial charge in [-0.3, -0.25) is 9.59 Å². The van der Waals surface area contributed by atoms with Gasteiger partial charge in [0.25, 0.3) is 5.91 Å². The Morgan fingerprint density at radius 1 is 1.07 bits per heavy atom. The van der Waals surface area contributed by atoms with Crippen molar-refractivity contribution in [3.63, 3.8) is 0 Å². The molecule has 1 aromatic heterocycles. The molecule has 6 heteroatoms. The number of nitrogens with one attached hydrogen (secondary N) is 1. The molecule has 2 aliphatic rings. The number of hydrogen-bond donors (Lipinski definition) is 1. The fraction of sp³-hybridized carbons (Fsp3) is 0.478. The van der Waals surface area contributed by atoms with E-state index in [4.69, 9.17) is 4.42 Å². The standard InChI is InChI=1S/C23H28N2O3S/c26-21-16-29-23(25(21)15-20-9-6-14-28-20)18-12-10-17(11-13-18)22(27)24-19-7-4-2-1-3-5-8-19/h6,9-14,19,23H,1-5,7-8,15-16H2,(H,24,27)/t23-/m0/s1. The minimum Gasteiger partial charge on any atom is -0.467 e. The Kier molecular flexibility index (Phi) is 6.60. The Bertz CT molecular complexity index is 811. The molecule has 0 radical (unpaired) electrons. The fourth-order valence-corrected chi connectivity index (χ4v) is 5.33. The molecule has 0 bridgehead atoms. The molecule has 1 saturated carbocycles. The van der Waals surface area contributed by atoms with Gasteiger partial charge in [-0.2, -0.15) is 0 Å². The molecular formula is C23H28N2O3S. The maximum atomic E-state index is 12.7. The lowest BCUT2D eigenvalue weighted by molar-refractivity contribution is -0.128. The van der Waals surface area contributed by atoms with Crippen LogP contribution in [0, 0.1) is 0 Å². The lowest BCUT2D eigenvalue weighted by Crippen LogP contribution is -2.35. The molecule has 2 fully saturated rings. The highest BCUT2D eigenvalue weighted by Crippen LogP contribution is 2.39. The summed E-state index contributed by atoms with van der Waals surface area (Å²) in [6, 6.07) is 11.7. The molecule has 154 valence electrons. The third kappa shape index (κ3) is 5.04. The number of hydrogen-bond acceptors (Lipinski definition) is 4. The summed E-state index contributed by atoms with van der Waals surface area (Å²) in [5.41, 5.74) is 1.72. The molecule has 0 spiro atoms. The number of furan rings is 1. The van der Waals surface area contributed by atoms with Gasteiger partial charge in [-0.15, -0.1) is 11.8 Å². The lowest BCUT2D eigenvalue weighted by Gasteiger charge is -2.24. The third-order valence-electron chi connectivity index (χ3n) is 5.77. The van der Waals surface area contributed by atoms with Crippen molar-refractivity contribution < 1.29 is 14.0 Å². The second kappa shape index (κ2) is 9.53. The smallest absolute Gasteiger partial charge is 0.251 e. The molecule has 1 atom stereocenters. The van der Waals surface area contributed by atoms with Crippen LogP contribution < -0.4 is 5.32 Å². The monoisotopic (exact) mass is 412 g/mol. The van der Waals surface area contributed by atoms with Crippen LogP contribution in [0.1, 0.15) is 72.0 Å². The maximum Gasteiger partial charge on any atom is 0.251 e. The predicted octanol–water partition coefficient (Wildman–Crippen LogP) is 4.90. The van der Waals surface area contributed by atoms with Crippen LogP contribution in [0.2, 0.25) is 0 Å². The largest absolute Gasteiger partial charge is 0.467 e. The molecule has 1 N–H and O–H groups in total. The van der Waals surface area contributed by atoms with Crippen LogP contribution >= 0.6 is 11.8 Å². The van der Waals surface area contributed by atoms with Crippen LogP contribution in [-0.2, 0) is 11.3 Å². The Hall–Kier alpha value is -2.21. The van der Waals surface area contributed by atoms with Gasteiger partial charge in [-0.05, 0) is 42.7 Å². The molecule has 29 heavy (non-hydrogen) atoms. The van der Waals surface area contributed by atoms with Crippen molar-refractivity contribution in [1.29, 1.82) is 0 Å². The van der Waals surface area contributed by atoms with Gasteiger partial charge in [-0.25, -0.2) is 0 Å². The van der Waals surface area contributed by atoms with Crippen LogP contribution in [-0.4, -0.2) is 28.5 Å². The Morgan fingerprint density at radius 3 is 2.48 bits per heavy atom. The zero-order valence-corrected chi connectivity index (χ0v) is 17.5. The summed E-state index contributed by atoms with van der Waals surface area (Å²) in [5, 5.41) is 3.17. The highest BCUT2D eigenvalue weighted by Gasteiger charge is 2.33. The number of carbonyl (C=O) groups is 2. The summed E-state index contributed by atoms with van der Waals surface area (Å²) < 4.78 is 5.41. The quantitative estimate of drug-likeness (QED) is 0.759. The Morgan fingerprint density at radius 2 is 1.79 bits per heavy atom. The molecule has 2 aromatic rings. The van der Waals surface area contributed by atoms with E-state index in [2.05, 4.69) is 5.32 Å². The molecule has 2 heterocycles. The van der Waals surface area contributed by atoms with Crippen LogP contribution in [0.5, 0.6) is 0 Å². The van der Waals surface area contributed by atoms with Crippen molar-refractivity contribution in [3.8, 4) is 0 Å². The Labute approximate surface area is 176 Å². The molecule has 5 nitrogen and oxygen atoms in total. The van der Waals surface area contributed by atoms with E-state index in [0.717, 1.165) is 24.2 Å². The number of nitrogens with zero attached hydrogens (tertiary/aromatic N) is 1. The van der Waals surface area contributed by atoms with Crippen LogP contribution in [0.25, 0.3) is 0 Å². The van der Waals surface area contributed by atoms with Gasteiger partial charge in [0, 0.05) is 11.6 Å². The minimum absolute atomic E-state index is 0.00437. The molecule has 1 saturated heterocycles. The average Bonchev–Trinajstić information content (AvgIpc) is 3.35. The van der Waals surface area contributed by atoms with Crippen LogP contribution in [0.3, 0.4) is 0 Å². The highest BCUT2D eigenvalue weighted by molar-refractivity contribution is 8.00. The summed E-state index contributed by atoms with van der Waals surface area (Å²) in [5.74, 6) is 1.36. The van der Waals surface area contributed by atoms with Crippen molar-refractivity contribution >= 4 is 23.6 Å². The topological polar surface area (TPSA) is 62.6 Å². The molecule has 1 aliphatic carbocycles. The van der Waals surface area contributed by atoms with Gasteiger partial charge in [-0.1, -0.05) is 44.2 Å². The average molecular weight is 413 g/mol. The SMILES string of the molecule is O=C(NC1CCCCCCC1)c1ccc([C@@H]2SCC(=O)N2Cc2ccco2)cc1. The first-order valence-corrected chi connectivity index (χ1v) is 11.6. The van der Waals surface area contributed by atoms with E-state index in [-0.39, 0.29) is 23.2 Å². The first-order valence-electron chi connectivity index (χ1n) is 10.5. The normalized spacial score (nSPS) is 21.0. The van der Waals surface area contributed by atoms with Crippen molar-refractivity contribution in [2.24, 2.45) is 0 Å². The summed E-state index contributed by atoms with van der Waals surface area (Å²) in [4.78, 5) is 26.9. The second-order valence-corrected chi connectivity index (χ2v) is 8.97. The molecule has 0 unspecified atom stereocenters. The maximum absolute atomic E-state index is 12.7. The van der Waals surface area contributed by atoms with Gasteiger partial charge < -0.3 is 14.6 Å². The zero-order valence-electron chi connectivity index (χ0n) is 16.6. The van der Waals surface area contributed by atoms with Gasteiger partial charge in [0.05, 0.1) is 18.6 Å². The van der Waals surface area contributed by atoms with Crippen LogP contribution in [0.4, 0.5) is 0 Å². The number of benzene rings is 1. The molecular weight excluding hydrogens is 384 g/mol. The molecule has 2 amide bonds. The Balaban J connectivity index is 1.40. The summed E-state index contributed by atoms with van der Waals surface area (Å²) in [6.45, 7) is 0.466. The van der Waals surface area contributed by atoms with E-state index in [1.165, 1.54) is 32.1 Å². The minimum atomic E-state index is -0.0460. The van der Waals surface area contributed by atoms with E-state index in [1.807, 2.05) is 41.3 Å². The summed E-state index contributed by atoms with van der Waals surface area (Å²) in [7, 11) is 0. The summed E-state index contributed by atoms with van der Waals surface area (Å²) in [6.07, 6.45) is 10.0. The molecule has 1 aromatic carbocycles. The van der Waals surface area contributed by atoms with Gasteiger partial charge in [0.2, 0.25) is 5.91 Å². The number of amides is 2. The summed E-state index contributed by atoms with van der Waals surface area (Å²) >= 11 is 1.61. The van der Waals surface area contributed by atoms with Crippen LogP contribution in [0.15, 0.2) is 47.1 Å². The lowest BCUT2D eigenvalue weighted by atomic mass is 9.96. The number of rotatable bonds is 5. The van der Waals surface area contributed by atoms with Crippen molar-refractivity contribution in [2.75, 3.05) is 5.75 Å². The first kappa shape index (κ1) is 20.1. The van der Waals surface area contributed by atoms with Gasteiger partial charge >= 0.3 is 0 Å². The first-order chi connectivity index (χ1) is 14.2. The third-order valence-corrected chi connectivity index (χ3v) is 7.03. The van der Waals surface area contributed by atoms with E-state index in [9.17, 15) is 9.59 Å². The van der Waals surface area contributed by atoms with Gasteiger partial charge in [0.15, 0.2) is 0 Å². The van der Waals surface area contributed by atoms with E-state index >= 15 is 0 Å². The number of thioether (sulfide) groups is 1. The molecule has 4 rings (SSSR count). The van der Waals surface area contributed by atoms with Crippen molar-refractivity contribution in [3.05, 3.63) is 59.5 Å². The van der Waals surface area contributed by atoms with Crippen molar-refractivity contribution in [1.82, 2.24) is 10.2 Å². The fourth-order valence-electron chi connectivity index (χ4n) is 4.14. The molecule has 1 aliphatic heterocycles. The number of carbonyl (C=O) groups excluding carboxylic acids is 2.